The van der Waals surface area contributed by atoms with Crippen LogP contribution in [0.3, 0.4) is 0 Å². The third-order valence-electron chi connectivity index (χ3n) is 15.3. The highest BCUT2D eigenvalue weighted by molar-refractivity contribution is 7.89. The van der Waals surface area contributed by atoms with E-state index in [4.69, 9.17) is 25.5 Å². The number of sulfonamides is 2. The third kappa shape index (κ3) is 16.9. The van der Waals surface area contributed by atoms with Crippen LogP contribution in [0.25, 0.3) is 44.1 Å². The second kappa shape index (κ2) is 27.7. The van der Waals surface area contributed by atoms with Crippen molar-refractivity contribution < 1.29 is 50.6 Å². The number of rotatable bonds is 15. The summed E-state index contributed by atoms with van der Waals surface area (Å²) in [5, 5.41) is 24.3. The zero-order valence-electron chi connectivity index (χ0n) is 52.6. The van der Waals surface area contributed by atoms with E-state index in [-0.39, 0.29) is 34.2 Å². The molecule has 8 aromatic carbocycles. The topological polar surface area (TPSA) is 275 Å². The molecule has 0 atom stereocenters. The highest BCUT2D eigenvalue weighted by atomic mass is 32.2. The number of nitrogens with two attached hydrogens (primary N) is 3. The molecule has 0 spiro atoms. The van der Waals surface area contributed by atoms with E-state index < -0.39 is 37.2 Å². The molecule has 2 aromatic heterocycles. The number of nitrogens with zero attached hydrogens (tertiary/aromatic N) is 2. The van der Waals surface area contributed by atoms with E-state index in [0.29, 0.717) is 41.9 Å². The molecule has 0 aliphatic heterocycles. The van der Waals surface area contributed by atoms with Crippen LogP contribution in [0.15, 0.2) is 192 Å². The second-order valence-electron chi connectivity index (χ2n) is 24.1. The average molecular weight is 1270 g/mol. The Bertz CT molecular complexity index is 4580. The Hall–Kier alpha value is -9.50. The lowest BCUT2D eigenvalue weighted by Gasteiger charge is -2.20. The molecule has 0 saturated heterocycles. The van der Waals surface area contributed by atoms with Gasteiger partial charge in [0.05, 0.1) is 26.5 Å². The molecule has 0 fully saturated rings. The molecule has 1 amide bonds. The van der Waals surface area contributed by atoms with Crippen LogP contribution in [0.2, 0.25) is 0 Å². The van der Waals surface area contributed by atoms with Gasteiger partial charge in [-0.1, -0.05) is 109 Å². The van der Waals surface area contributed by atoms with Crippen LogP contribution in [0.5, 0.6) is 0 Å². The molecule has 0 aliphatic carbocycles. The lowest BCUT2D eigenvalue weighted by Crippen LogP contribution is -2.24. The first-order chi connectivity index (χ1) is 42.8. The van der Waals surface area contributed by atoms with Gasteiger partial charge in [0.1, 0.15) is 11.2 Å². The number of carbonyl (C=O) groups is 4. The molecule has 0 unspecified atom stereocenters. The second-order valence-corrected chi connectivity index (χ2v) is 27.2. The number of carboxylic acid groups (broad SMARTS) is 1. The molecular formula is C72H76N6O11S2. The molecule has 0 bridgehead atoms. The van der Waals surface area contributed by atoms with Gasteiger partial charge in [-0.25, -0.2) is 41.5 Å². The number of aryl methyl sites for hydroxylation is 2. The number of esters is 2. The quantitative estimate of drug-likeness (QED) is 0.0600. The smallest absolute Gasteiger partial charge is 0.339 e. The van der Waals surface area contributed by atoms with Gasteiger partial charge < -0.3 is 34.8 Å². The number of aromatic carboxylic acids is 1. The number of fused-ring (bicyclic) bond motifs is 2. The maximum absolute atomic E-state index is 13.0. The van der Waals surface area contributed by atoms with Gasteiger partial charge in [0.2, 0.25) is 20.0 Å². The molecule has 10 rings (SSSR count). The normalized spacial score (nSPS) is 11.7. The summed E-state index contributed by atoms with van der Waals surface area (Å²) < 4.78 is 60.2. The Balaban J connectivity index is 0.000000203. The Morgan fingerprint density at radius 3 is 1.22 bits per heavy atom. The minimum Gasteiger partial charge on any atom is -0.478 e. The molecule has 0 radical (unpaired) electrons. The summed E-state index contributed by atoms with van der Waals surface area (Å²) in [6.45, 7) is 21.3. The first-order valence-corrected chi connectivity index (χ1v) is 32.4. The maximum Gasteiger partial charge on any atom is 0.339 e. The molecule has 10 aromatic rings. The lowest BCUT2D eigenvalue weighted by molar-refractivity contribution is 0.00578. The van der Waals surface area contributed by atoms with Crippen molar-refractivity contribution >= 4 is 65.7 Å². The van der Waals surface area contributed by atoms with Gasteiger partial charge in [0.25, 0.3) is 5.91 Å². The Kier molecular flexibility index (Phi) is 20.5. The minimum atomic E-state index is -3.77. The van der Waals surface area contributed by atoms with Crippen molar-refractivity contribution in [3.8, 4) is 22.3 Å². The van der Waals surface area contributed by atoms with E-state index >= 15 is 0 Å². The highest BCUT2D eigenvalue weighted by Gasteiger charge is 2.24. The van der Waals surface area contributed by atoms with Gasteiger partial charge in [-0.05, 0) is 198 Å². The number of ether oxygens (including phenoxy) is 2. The number of aromatic nitrogens is 2. The minimum absolute atomic E-state index is 0.0258. The molecule has 0 aliphatic rings. The highest BCUT2D eigenvalue weighted by Crippen LogP contribution is 2.32. The Labute approximate surface area is 531 Å². The summed E-state index contributed by atoms with van der Waals surface area (Å²) in [6, 6.07) is 54.5. The van der Waals surface area contributed by atoms with Gasteiger partial charge in [0.15, 0.2) is 0 Å². The predicted molar refractivity (Wildman–Crippen MR) is 357 cm³/mol. The van der Waals surface area contributed by atoms with Gasteiger partial charge in [-0.2, -0.15) is 0 Å². The van der Waals surface area contributed by atoms with Crippen LogP contribution < -0.4 is 21.3 Å². The number of primary sulfonamides is 2. The molecule has 0 saturated carbocycles. The number of benzene rings is 8. The fourth-order valence-electron chi connectivity index (χ4n) is 10.3. The van der Waals surface area contributed by atoms with E-state index in [1.54, 1.807) is 48.5 Å². The Morgan fingerprint density at radius 1 is 0.484 bits per heavy atom. The van der Waals surface area contributed by atoms with Crippen molar-refractivity contribution in [3.63, 3.8) is 0 Å². The molecule has 17 nitrogen and oxygen atoms in total. The molecule has 19 heteroatoms. The summed E-state index contributed by atoms with van der Waals surface area (Å²) in [5.74, 6) is -1.83. The SMILES string of the molecule is Cc1c(C)n(Cc2ccc(-c3ccccc3C(=O)OC(C)(C)C)cc2)c2ccc(C(=O)NCc3ccc(S(N)(=O)=O)cc3)cc12.Cc1c(C)n(Cc2ccc(-c3ccccc3C(=O)OC(C)(C)C)cc2)c2ccc(C(=O)O)cc12.NCc1ccc(S(N)(=O)=O)cc1. The fraction of sp³-hybridized carbons (Fsp3) is 0.222. The van der Waals surface area contributed by atoms with Crippen LogP contribution in [0, 0.1) is 27.7 Å². The van der Waals surface area contributed by atoms with Crippen molar-refractivity contribution in [2.24, 2.45) is 16.0 Å². The number of hydrogen-bond donors (Lipinski definition) is 5. The summed E-state index contributed by atoms with van der Waals surface area (Å²) in [5.41, 5.74) is 19.9. The van der Waals surface area contributed by atoms with Crippen LogP contribution in [-0.4, -0.2) is 66.1 Å². The fourth-order valence-corrected chi connectivity index (χ4v) is 11.3. The number of amides is 1. The molecule has 8 N–H and O–H groups in total. The van der Waals surface area contributed by atoms with Gasteiger partial charge >= 0.3 is 17.9 Å². The Morgan fingerprint density at radius 2 is 0.846 bits per heavy atom. The molecule has 472 valence electrons. The van der Waals surface area contributed by atoms with Gasteiger partial charge in [0, 0.05) is 64.9 Å². The number of hydrogen-bond acceptors (Lipinski definition) is 11. The molecule has 91 heavy (non-hydrogen) atoms. The van der Waals surface area contributed by atoms with Crippen molar-refractivity contribution in [1.29, 1.82) is 0 Å². The first-order valence-electron chi connectivity index (χ1n) is 29.3. The zero-order chi connectivity index (χ0) is 66.3. The summed E-state index contributed by atoms with van der Waals surface area (Å²) >= 11 is 0. The zero-order valence-corrected chi connectivity index (χ0v) is 54.3. The molecular weight excluding hydrogens is 1190 g/mol. The predicted octanol–water partition coefficient (Wildman–Crippen LogP) is 12.9. The maximum atomic E-state index is 13.0. The number of carbonyl (C=O) groups excluding carboxylic acids is 3. The third-order valence-corrected chi connectivity index (χ3v) is 17.1. The average Bonchev–Trinajstić information content (AvgIpc) is 1.66. The van der Waals surface area contributed by atoms with E-state index in [9.17, 15) is 41.1 Å². The van der Waals surface area contributed by atoms with Crippen LogP contribution in [0.1, 0.15) is 128 Å². The van der Waals surface area contributed by atoms with E-state index in [1.807, 2.05) is 133 Å². The summed E-state index contributed by atoms with van der Waals surface area (Å²) in [7, 11) is -7.34. The monoisotopic (exact) mass is 1260 g/mol. The van der Waals surface area contributed by atoms with Gasteiger partial charge in [-0.3, -0.25) is 4.79 Å². The van der Waals surface area contributed by atoms with E-state index in [1.165, 1.54) is 24.3 Å². The number of carboxylic acids is 1. The lowest BCUT2D eigenvalue weighted by atomic mass is 9.98. The largest absolute Gasteiger partial charge is 0.478 e. The van der Waals surface area contributed by atoms with Crippen LogP contribution >= 0.6 is 0 Å². The van der Waals surface area contributed by atoms with Crippen molar-refractivity contribution in [2.75, 3.05) is 0 Å². The first kappa shape index (κ1) is 67.4. The van der Waals surface area contributed by atoms with E-state index in [0.717, 1.165) is 88.8 Å². The van der Waals surface area contributed by atoms with Crippen molar-refractivity contribution in [2.45, 2.75) is 116 Å². The molecule has 2 heterocycles. The van der Waals surface area contributed by atoms with Crippen molar-refractivity contribution in [1.82, 2.24) is 14.5 Å². The standard InChI is InChI=1S/C36H37N3O5S.C29H29NO4.C7H10N2O2S/c1-23-24(2)39(22-26-10-14-27(15-11-26)30-8-6-7-9-31(30)35(41)44-36(3,4)5)33-19-16-28(20-32(23)33)34(40)38-21-25-12-17-29(18-13-25)45(37,42)43;1-18-19(2)30(26-15-14-22(27(31)32)16-25(18)26)17-20-10-12-21(13-11-20)23-8-6-7-9-24(23)28(33)34-29(3,4)5;8-5-6-1-3-7(4-2-6)12(9,10)11/h6-20H,21-22H2,1-5H3,(H,38,40)(H2,37,42,43);6-16H,17H2,1-5H3,(H,31,32);1-4H,5,8H2,(H2,9,10,11). The van der Waals surface area contributed by atoms with Crippen LogP contribution in [0.4, 0.5) is 0 Å². The van der Waals surface area contributed by atoms with Crippen LogP contribution in [-0.2, 0) is 55.7 Å². The van der Waals surface area contributed by atoms with Crippen molar-refractivity contribution in [3.05, 3.63) is 249 Å². The summed E-state index contributed by atoms with van der Waals surface area (Å²) in [4.78, 5) is 50.1. The van der Waals surface area contributed by atoms with E-state index in [2.05, 4.69) is 59.5 Å². The summed E-state index contributed by atoms with van der Waals surface area (Å²) in [6.07, 6.45) is 0. The number of nitrogens with one attached hydrogen (secondary N) is 1. The van der Waals surface area contributed by atoms with Gasteiger partial charge in [-0.15, -0.1) is 0 Å².